The molecule has 116 valence electrons. The summed E-state index contributed by atoms with van der Waals surface area (Å²) in [7, 11) is 0. The van der Waals surface area contributed by atoms with Crippen molar-refractivity contribution in [2.75, 3.05) is 0 Å². The minimum Gasteiger partial charge on any atom is -0.115 e. The summed E-state index contributed by atoms with van der Waals surface area (Å²) in [6.07, 6.45) is 2.83. The Kier molecular flexibility index (Phi) is 4.36. The van der Waals surface area contributed by atoms with Crippen molar-refractivity contribution in [3.63, 3.8) is 0 Å². The van der Waals surface area contributed by atoms with Crippen LogP contribution in [0.25, 0.3) is 0 Å². The summed E-state index contributed by atoms with van der Waals surface area (Å²) in [6.45, 7) is 9.14. The minimum atomic E-state index is 0.0939. The van der Waals surface area contributed by atoms with Crippen LogP contribution in [0.4, 0.5) is 0 Å². The summed E-state index contributed by atoms with van der Waals surface area (Å²) < 4.78 is 0.0939. The number of aryl methyl sites for hydroxylation is 1. The quantitative estimate of drug-likeness (QED) is 0.565. The SMILES string of the molecule is Cc1ccc(SC(C)(C)c2ccc([C@@H](C)C3CC3)cc2)cc1. The molecule has 0 radical (unpaired) electrons. The van der Waals surface area contributed by atoms with Crippen LogP contribution in [0.3, 0.4) is 0 Å². The van der Waals surface area contributed by atoms with E-state index in [-0.39, 0.29) is 4.75 Å². The molecule has 0 aliphatic heterocycles. The first kappa shape index (κ1) is 15.7. The molecule has 1 heteroatoms. The Bertz CT molecular complexity index is 618. The molecule has 2 aromatic carbocycles. The van der Waals surface area contributed by atoms with Gasteiger partial charge >= 0.3 is 0 Å². The molecule has 0 nitrogen and oxygen atoms in total. The molecule has 0 heterocycles. The Morgan fingerprint density at radius 1 is 0.955 bits per heavy atom. The number of hydrogen-bond donors (Lipinski definition) is 0. The second-order valence-corrected chi connectivity index (χ2v) is 8.87. The van der Waals surface area contributed by atoms with Crippen molar-refractivity contribution in [3.8, 4) is 0 Å². The van der Waals surface area contributed by atoms with Gasteiger partial charge in [0.2, 0.25) is 0 Å². The number of hydrogen-bond acceptors (Lipinski definition) is 1. The molecule has 1 saturated carbocycles. The molecule has 0 saturated heterocycles. The van der Waals surface area contributed by atoms with Crippen LogP contribution < -0.4 is 0 Å². The predicted octanol–water partition coefficient (Wildman–Crippen LogP) is 6.54. The van der Waals surface area contributed by atoms with Gasteiger partial charge in [0.25, 0.3) is 0 Å². The summed E-state index contributed by atoms with van der Waals surface area (Å²) >= 11 is 1.94. The van der Waals surface area contributed by atoms with Gasteiger partial charge in [0, 0.05) is 9.64 Å². The predicted molar refractivity (Wildman–Crippen MR) is 97.6 cm³/mol. The fraction of sp³-hybridized carbons (Fsp3) is 0.429. The van der Waals surface area contributed by atoms with Gasteiger partial charge in [-0.25, -0.2) is 0 Å². The zero-order chi connectivity index (χ0) is 15.7. The summed E-state index contributed by atoms with van der Waals surface area (Å²) in [6, 6.07) is 18.2. The van der Waals surface area contributed by atoms with E-state index in [4.69, 9.17) is 0 Å². The molecule has 1 aliphatic carbocycles. The maximum Gasteiger partial charge on any atom is 0.0399 e. The van der Waals surface area contributed by atoms with Crippen LogP contribution in [0.1, 0.15) is 56.2 Å². The van der Waals surface area contributed by atoms with Crippen LogP contribution >= 0.6 is 11.8 Å². The maximum atomic E-state index is 2.37. The monoisotopic (exact) mass is 310 g/mol. The van der Waals surface area contributed by atoms with Gasteiger partial charge in [0.15, 0.2) is 0 Å². The van der Waals surface area contributed by atoms with Gasteiger partial charge in [0.05, 0.1) is 0 Å². The first-order chi connectivity index (χ1) is 10.5. The third kappa shape index (κ3) is 3.57. The van der Waals surface area contributed by atoms with E-state index in [9.17, 15) is 0 Å². The van der Waals surface area contributed by atoms with Crippen molar-refractivity contribution in [2.24, 2.45) is 5.92 Å². The lowest BCUT2D eigenvalue weighted by molar-refractivity contribution is 0.662. The molecule has 1 atom stereocenters. The zero-order valence-electron chi connectivity index (χ0n) is 14.1. The summed E-state index contributed by atoms with van der Waals surface area (Å²) in [5, 5.41) is 0. The van der Waals surface area contributed by atoms with E-state index in [2.05, 4.69) is 76.2 Å². The minimum absolute atomic E-state index is 0.0939. The largest absolute Gasteiger partial charge is 0.115 e. The van der Waals surface area contributed by atoms with Crippen LogP contribution in [-0.2, 0) is 4.75 Å². The molecule has 0 N–H and O–H groups in total. The maximum absolute atomic E-state index is 2.37. The second-order valence-electron chi connectivity index (χ2n) is 7.17. The lowest BCUT2D eigenvalue weighted by Gasteiger charge is -2.25. The van der Waals surface area contributed by atoms with Crippen molar-refractivity contribution < 1.29 is 0 Å². The molecule has 1 aliphatic rings. The summed E-state index contributed by atoms with van der Waals surface area (Å²) in [4.78, 5) is 1.34. The van der Waals surface area contributed by atoms with Gasteiger partial charge in [-0.3, -0.25) is 0 Å². The lowest BCUT2D eigenvalue weighted by atomic mass is 9.93. The van der Waals surface area contributed by atoms with Crippen molar-refractivity contribution in [1.29, 1.82) is 0 Å². The van der Waals surface area contributed by atoms with E-state index >= 15 is 0 Å². The van der Waals surface area contributed by atoms with Gasteiger partial charge in [-0.1, -0.05) is 48.9 Å². The molecule has 3 rings (SSSR count). The van der Waals surface area contributed by atoms with Crippen molar-refractivity contribution in [3.05, 3.63) is 65.2 Å². The van der Waals surface area contributed by atoms with E-state index in [0.29, 0.717) is 0 Å². The standard InChI is InChI=1S/C21H26S/c1-15-5-13-20(14-6-15)22-21(3,4)19-11-9-18(10-12-19)16(2)17-7-8-17/h5-6,9-14,16-17H,7-8H2,1-4H3/t16-/m0/s1. The van der Waals surface area contributed by atoms with Gasteiger partial charge < -0.3 is 0 Å². The van der Waals surface area contributed by atoms with Gasteiger partial charge in [-0.15, -0.1) is 11.8 Å². The fourth-order valence-electron chi connectivity index (χ4n) is 3.02. The molecule has 1 fully saturated rings. The molecule has 0 bridgehead atoms. The average molecular weight is 311 g/mol. The fourth-order valence-corrected chi connectivity index (χ4v) is 4.13. The van der Waals surface area contributed by atoms with Gasteiger partial charge in [0.1, 0.15) is 0 Å². The number of thioether (sulfide) groups is 1. The highest BCUT2D eigenvalue weighted by molar-refractivity contribution is 8.00. The summed E-state index contributed by atoms with van der Waals surface area (Å²) in [5.74, 6) is 1.66. The Morgan fingerprint density at radius 2 is 1.55 bits per heavy atom. The van der Waals surface area contributed by atoms with Crippen LogP contribution in [0.2, 0.25) is 0 Å². The Balaban J connectivity index is 1.74. The molecule has 0 amide bonds. The van der Waals surface area contributed by atoms with Crippen LogP contribution in [0, 0.1) is 12.8 Å². The van der Waals surface area contributed by atoms with E-state index in [1.54, 1.807) is 0 Å². The van der Waals surface area contributed by atoms with E-state index < -0.39 is 0 Å². The number of benzene rings is 2. The molecular formula is C21H26S. The molecule has 22 heavy (non-hydrogen) atoms. The zero-order valence-corrected chi connectivity index (χ0v) is 14.9. The van der Waals surface area contributed by atoms with E-state index in [0.717, 1.165) is 11.8 Å². The lowest BCUT2D eigenvalue weighted by Crippen LogP contribution is -2.12. The van der Waals surface area contributed by atoms with Crippen LogP contribution in [-0.4, -0.2) is 0 Å². The second kappa shape index (κ2) is 6.12. The normalized spacial score (nSPS) is 16.5. The van der Waals surface area contributed by atoms with Gasteiger partial charge in [-0.05, 0) is 68.7 Å². The number of rotatable bonds is 5. The van der Waals surface area contributed by atoms with Gasteiger partial charge in [-0.2, -0.15) is 0 Å². The van der Waals surface area contributed by atoms with Crippen molar-refractivity contribution in [2.45, 2.75) is 56.1 Å². The molecule has 0 spiro atoms. The van der Waals surface area contributed by atoms with Crippen LogP contribution in [0.5, 0.6) is 0 Å². The Morgan fingerprint density at radius 3 is 2.09 bits per heavy atom. The molecule has 2 aromatic rings. The highest BCUT2D eigenvalue weighted by Crippen LogP contribution is 2.44. The van der Waals surface area contributed by atoms with Crippen LogP contribution in [0.15, 0.2) is 53.4 Å². The van der Waals surface area contributed by atoms with E-state index in [1.165, 1.54) is 34.4 Å². The molecule has 0 unspecified atom stereocenters. The third-order valence-electron chi connectivity index (χ3n) is 4.85. The topological polar surface area (TPSA) is 0 Å². The third-order valence-corrected chi connectivity index (χ3v) is 6.11. The smallest absolute Gasteiger partial charge is 0.0399 e. The van der Waals surface area contributed by atoms with Crippen molar-refractivity contribution >= 4 is 11.8 Å². The Hall–Kier alpha value is -1.21. The van der Waals surface area contributed by atoms with Crippen molar-refractivity contribution in [1.82, 2.24) is 0 Å². The highest BCUT2D eigenvalue weighted by Gasteiger charge is 2.29. The first-order valence-corrected chi connectivity index (χ1v) is 9.13. The summed E-state index contributed by atoms with van der Waals surface area (Å²) in [5.41, 5.74) is 4.23. The van der Waals surface area contributed by atoms with E-state index in [1.807, 2.05) is 11.8 Å². The Labute approximate surface area is 139 Å². The highest BCUT2D eigenvalue weighted by atomic mass is 32.2. The first-order valence-electron chi connectivity index (χ1n) is 8.32. The molecular weight excluding hydrogens is 284 g/mol. The molecule has 0 aromatic heterocycles. The average Bonchev–Trinajstić information content (AvgIpc) is 3.34.